The highest BCUT2D eigenvalue weighted by molar-refractivity contribution is 6.12. The molecule has 5 nitrogen and oxygen atoms in total. The van der Waals surface area contributed by atoms with Crippen molar-refractivity contribution in [1.29, 1.82) is 0 Å². The molecule has 0 spiro atoms. The quantitative estimate of drug-likeness (QED) is 0.170. The molecular weight excluding hydrogens is 721 g/mol. The summed E-state index contributed by atoms with van der Waals surface area (Å²) in [6.45, 7) is 0. The van der Waals surface area contributed by atoms with E-state index in [4.69, 9.17) is 15.0 Å². The molecule has 3 heterocycles. The highest BCUT2D eigenvalue weighted by Crippen LogP contribution is 2.40. The number of hydrogen-bond acceptors (Lipinski definition) is 3. The highest BCUT2D eigenvalue weighted by Gasteiger charge is 2.22. The summed E-state index contributed by atoms with van der Waals surface area (Å²) in [5.41, 5.74) is 9.47. The van der Waals surface area contributed by atoms with Gasteiger partial charge in [-0.15, -0.1) is 0 Å². The Morgan fingerprint density at radius 1 is 0.328 bits per heavy atom. The van der Waals surface area contributed by atoms with Crippen LogP contribution >= 0.6 is 0 Å². The van der Waals surface area contributed by atoms with Crippen molar-refractivity contribution in [2.75, 3.05) is 0 Å². The number of rotatable bonds is 6. The van der Waals surface area contributed by atoms with Crippen molar-refractivity contribution in [3.05, 3.63) is 200 Å². The van der Waals surface area contributed by atoms with E-state index in [0.717, 1.165) is 61.4 Å². The Balaban J connectivity index is 1.19. The molecule has 0 aliphatic carbocycles. The number of nitrogens with zero attached hydrogens (tertiary/aromatic N) is 5. The maximum Gasteiger partial charge on any atom is 0.166 e. The first-order chi connectivity index (χ1) is 28.6. The molecule has 7 heteroatoms. The summed E-state index contributed by atoms with van der Waals surface area (Å²) in [4.78, 5) is 15.2. The first-order valence-electron chi connectivity index (χ1n) is 19.1. The van der Waals surface area contributed by atoms with Crippen LogP contribution in [0.1, 0.15) is 0 Å². The number of halogens is 2. The zero-order valence-electron chi connectivity index (χ0n) is 30.9. The van der Waals surface area contributed by atoms with E-state index in [2.05, 4.69) is 94.1 Å². The second-order valence-electron chi connectivity index (χ2n) is 14.4. The summed E-state index contributed by atoms with van der Waals surface area (Å²) in [5.74, 6) is 0.139. The van der Waals surface area contributed by atoms with Gasteiger partial charge < -0.3 is 9.13 Å². The Labute approximate surface area is 331 Å². The van der Waals surface area contributed by atoms with Gasteiger partial charge in [0.2, 0.25) is 0 Å². The van der Waals surface area contributed by atoms with Gasteiger partial charge in [0.1, 0.15) is 11.6 Å². The summed E-state index contributed by atoms with van der Waals surface area (Å²) in [7, 11) is 0. The molecule has 0 fully saturated rings. The largest absolute Gasteiger partial charge is 0.309 e. The van der Waals surface area contributed by atoms with Crippen molar-refractivity contribution in [3.63, 3.8) is 0 Å². The number of fused-ring (bicyclic) bond motifs is 6. The fourth-order valence-corrected chi connectivity index (χ4v) is 8.30. The topological polar surface area (TPSA) is 48.5 Å². The zero-order valence-corrected chi connectivity index (χ0v) is 30.9. The predicted molar refractivity (Wildman–Crippen MR) is 230 cm³/mol. The highest BCUT2D eigenvalue weighted by atomic mass is 19.1. The van der Waals surface area contributed by atoms with E-state index in [-0.39, 0.29) is 0 Å². The first-order valence-corrected chi connectivity index (χ1v) is 19.1. The molecule has 0 saturated heterocycles. The fourth-order valence-electron chi connectivity index (χ4n) is 8.30. The van der Waals surface area contributed by atoms with Crippen LogP contribution in [0.2, 0.25) is 0 Å². The Hall–Kier alpha value is -7.77. The van der Waals surface area contributed by atoms with Crippen molar-refractivity contribution in [2.45, 2.75) is 0 Å². The third-order valence-corrected chi connectivity index (χ3v) is 10.9. The second kappa shape index (κ2) is 13.5. The van der Waals surface area contributed by atoms with Gasteiger partial charge in [-0.05, 0) is 71.8 Å². The lowest BCUT2D eigenvalue weighted by molar-refractivity contribution is 0.584. The minimum Gasteiger partial charge on any atom is -0.309 e. The lowest BCUT2D eigenvalue weighted by Gasteiger charge is -2.16. The molecule has 11 aromatic rings. The molecule has 11 rings (SSSR count). The minimum absolute atomic E-state index is 0.406. The maximum atomic E-state index is 14.7. The molecule has 0 amide bonds. The molecule has 8 aromatic carbocycles. The van der Waals surface area contributed by atoms with Crippen LogP contribution in [0, 0.1) is 11.6 Å². The van der Waals surface area contributed by atoms with Gasteiger partial charge in [-0.2, -0.15) is 0 Å². The molecule has 58 heavy (non-hydrogen) atoms. The van der Waals surface area contributed by atoms with Crippen LogP contribution in [-0.2, 0) is 0 Å². The number of aromatic nitrogens is 5. The van der Waals surface area contributed by atoms with Crippen molar-refractivity contribution in [2.24, 2.45) is 0 Å². The van der Waals surface area contributed by atoms with Crippen molar-refractivity contribution < 1.29 is 8.78 Å². The standard InChI is InChI=1S/C51H31F2N5/c52-36-27-35(28-37(53)30-36)34-23-25-48(43(29-34)51-55-49(32-13-3-1-4-14-32)54-50(56-51)33-15-5-2-6-16-33)58-46-22-12-9-19-41(46)42-31-38(24-26-47(42)58)57-44-20-10-7-17-39(44)40-18-8-11-21-45(40)57/h1-31H. The van der Waals surface area contributed by atoms with E-state index in [0.29, 0.717) is 34.2 Å². The van der Waals surface area contributed by atoms with Gasteiger partial charge in [0.25, 0.3) is 0 Å². The Bertz CT molecular complexity index is 3240. The van der Waals surface area contributed by atoms with Crippen molar-refractivity contribution >= 4 is 43.6 Å². The molecule has 0 radical (unpaired) electrons. The van der Waals surface area contributed by atoms with Gasteiger partial charge in [0, 0.05) is 50.0 Å². The molecule has 0 N–H and O–H groups in total. The Kier molecular flexibility index (Phi) is 7.79. The summed E-state index contributed by atoms with van der Waals surface area (Å²) in [6.07, 6.45) is 0. The molecular formula is C51H31F2N5. The smallest absolute Gasteiger partial charge is 0.166 e. The van der Waals surface area contributed by atoms with Crippen LogP contribution in [0.25, 0.3) is 100 Å². The van der Waals surface area contributed by atoms with Crippen LogP contribution in [0.4, 0.5) is 8.78 Å². The predicted octanol–water partition coefficient (Wildman–Crippen LogP) is 13.0. The van der Waals surface area contributed by atoms with Crippen LogP contribution in [0.15, 0.2) is 188 Å². The molecule has 0 bridgehead atoms. The molecule has 0 unspecified atom stereocenters. The van der Waals surface area contributed by atoms with Gasteiger partial charge in [-0.1, -0.05) is 121 Å². The molecule has 0 atom stereocenters. The van der Waals surface area contributed by atoms with Gasteiger partial charge >= 0.3 is 0 Å². The third-order valence-electron chi connectivity index (χ3n) is 10.9. The molecule has 274 valence electrons. The molecule has 0 saturated carbocycles. The first kappa shape index (κ1) is 33.6. The van der Waals surface area contributed by atoms with E-state index in [1.54, 1.807) is 0 Å². The lowest BCUT2D eigenvalue weighted by Crippen LogP contribution is -2.04. The van der Waals surface area contributed by atoms with Crippen LogP contribution < -0.4 is 0 Å². The average Bonchev–Trinajstić information content (AvgIpc) is 3.79. The molecule has 3 aromatic heterocycles. The summed E-state index contributed by atoms with van der Waals surface area (Å²) in [6, 6.07) is 61.0. The van der Waals surface area contributed by atoms with Crippen LogP contribution in [-0.4, -0.2) is 24.1 Å². The van der Waals surface area contributed by atoms with Crippen LogP contribution in [0.3, 0.4) is 0 Å². The SMILES string of the molecule is Fc1cc(F)cc(-c2ccc(-n3c4ccccc4c4cc(-n5c6ccccc6c6ccccc65)ccc43)c(-c3nc(-c4ccccc4)nc(-c4ccccc4)n3)c2)c1. The van der Waals surface area contributed by atoms with Gasteiger partial charge in [0.05, 0.1) is 27.8 Å². The number of hydrogen-bond donors (Lipinski definition) is 0. The van der Waals surface area contributed by atoms with Gasteiger partial charge in [-0.25, -0.2) is 23.7 Å². The van der Waals surface area contributed by atoms with Crippen LogP contribution in [0.5, 0.6) is 0 Å². The average molecular weight is 752 g/mol. The van der Waals surface area contributed by atoms with E-state index >= 15 is 0 Å². The van der Waals surface area contributed by atoms with E-state index in [1.807, 2.05) is 84.9 Å². The van der Waals surface area contributed by atoms with Crippen molar-refractivity contribution in [1.82, 2.24) is 24.1 Å². The second-order valence-corrected chi connectivity index (χ2v) is 14.4. The van der Waals surface area contributed by atoms with Crippen molar-refractivity contribution in [3.8, 4) is 56.7 Å². The Morgan fingerprint density at radius 3 is 1.40 bits per heavy atom. The summed E-state index contributed by atoms with van der Waals surface area (Å²) < 4.78 is 34.0. The number of benzene rings is 8. The summed E-state index contributed by atoms with van der Waals surface area (Å²) in [5, 5.41) is 4.55. The lowest BCUT2D eigenvalue weighted by atomic mass is 10.0. The monoisotopic (exact) mass is 751 g/mol. The Morgan fingerprint density at radius 2 is 0.810 bits per heavy atom. The van der Waals surface area contributed by atoms with E-state index in [9.17, 15) is 8.78 Å². The zero-order chi connectivity index (χ0) is 38.7. The van der Waals surface area contributed by atoms with E-state index in [1.165, 1.54) is 22.9 Å². The third kappa shape index (κ3) is 5.55. The maximum absolute atomic E-state index is 14.7. The minimum atomic E-state index is -0.653. The normalized spacial score (nSPS) is 11.6. The van der Waals surface area contributed by atoms with E-state index < -0.39 is 11.6 Å². The van der Waals surface area contributed by atoms with Gasteiger partial charge in [0.15, 0.2) is 17.5 Å². The molecule has 0 aliphatic heterocycles. The summed E-state index contributed by atoms with van der Waals surface area (Å²) >= 11 is 0. The van der Waals surface area contributed by atoms with Gasteiger partial charge in [-0.3, -0.25) is 0 Å². The fraction of sp³-hybridized carbons (Fsp3) is 0. The number of para-hydroxylation sites is 3. The molecule has 0 aliphatic rings.